The number of nitrogens with zero attached hydrogens (tertiary/aromatic N) is 1. The molecule has 2 saturated carbocycles. The number of carbonyl (C=O) groups is 1. The predicted octanol–water partition coefficient (Wildman–Crippen LogP) is 1.25. The number of rotatable bonds is 7. The normalized spacial score (nSPS) is 29.8. The topological polar surface area (TPSA) is 55.6 Å². The van der Waals surface area contributed by atoms with E-state index in [2.05, 4.69) is 0 Å². The van der Waals surface area contributed by atoms with Crippen molar-refractivity contribution in [3.05, 3.63) is 0 Å². The maximum absolute atomic E-state index is 12.3. The summed E-state index contributed by atoms with van der Waals surface area (Å²) in [5.74, 6) is 2.64. The van der Waals surface area contributed by atoms with Gasteiger partial charge in [-0.1, -0.05) is 6.42 Å². The molecule has 2 bridgehead atoms. The number of methoxy groups -OCH3 is 1. The zero-order chi connectivity index (χ0) is 13.0. The van der Waals surface area contributed by atoms with Crippen LogP contribution < -0.4 is 5.73 Å². The Labute approximate surface area is 110 Å². The van der Waals surface area contributed by atoms with Gasteiger partial charge in [-0.05, 0) is 37.0 Å². The molecule has 0 aliphatic heterocycles. The van der Waals surface area contributed by atoms with Crippen LogP contribution in [0.1, 0.15) is 32.1 Å². The number of fused-ring (bicyclic) bond motifs is 2. The van der Waals surface area contributed by atoms with Crippen molar-refractivity contribution in [2.45, 2.75) is 32.1 Å². The number of hydrogen-bond donors (Lipinski definition) is 1. The SMILES string of the molecule is COCCN(CCN)C(=O)CC1CC2CCC1C2. The van der Waals surface area contributed by atoms with Gasteiger partial charge >= 0.3 is 0 Å². The molecule has 3 unspecified atom stereocenters. The van der Waals surface area contributed by atoms with Crippen LogP contribution in [0.3, 0.4) is 0 Å². The first-order chi connectivity index (χ1) is 8.74. The second-order valence-corrected chi connectivity index (χ2v) is 5.80. The summed E-state index contributed by atoms with van der Waals surface area (Å²) in [5, 5.41) is 0. The summed E-state index contributed by atoms with van der Waals surface area (Å²) in [6.07, 6.45) is 6.11. The second-order valence-electron chi connectivity index (χ2n) is 5.80. The van der Waals surface area contributed by atoms with Crippen LogP contribution in [0.15, 0.2) is 0 Å². The standard InChI is InChI=1S/C14H26N2O2/c1-18-7-6-16(5-4-15)14(17)10-13-9-11-2-3-12(13)8-11/h11-13H,2-10,15H2,1H3. The molecule has 18 heavy (non-hydrogen) atoms. The Morgan fingerprint density at radius 2 is 2.17 bits per heavy atom. The molecule has 0 heterocycles. The van der Waals surface area contributed by atoms with Crippen molar-refractivity contribution in [3.8, 4) is 0 Å². The van der Waals surface area contributed by atoms with Gasteiger partial charge in [0.05, 0.1) is 6.61 Å². The monoisotopic (exact) mass is 254 g/mol. The van der Waals surface area contributed by atoms with Crippen LogP contribution in [0, 0.1) is 17.8 Å². The third kappa shape index (κ3) is 3.23. The van der Waals surface area contributed by atoms with E-state index in [9.17, 15) is 4.79 Å². The molecule has 2 aliphatic rings. The van der Waals surface area contributed by atoms with Gasteiger partial charge in [0.25, 0.3) is 0 Å². The summed E-state index contributed by atoms with van der Waals surface area (Å²) in [5.41, 5.74) is 5.57. The second kappa shape index (κ2) is 6.53. The minimum Gasteiger partial charge on any atom is -0.383 e. The molecule has 0 aromatic carbocycles. The van der Waals surface area contributed by atoms with Gasteiger partial charge in [0.1, 0.15) is 0 Å². The molecule has 3 atom stereocenters. The van der Waals surface area contributed by atoms with E-state index >= 15 is 0 Å². The van der Waals surface area contributed by atoms with Gasteiger partial charge in [-0.25, -0.2) is 0 Å². The molecule has 0 radical (unpaired) electrons. The summed E-state index contributed by atoms with van der Waals surface area (Å²) in [4.78, 5) is 14.2. The first-order valence-corrected chi connectivity index (χ1v) is 7.21. The van der Waals surface area contributed by atoms with Crippen molar-refractivity contribution >= 4 is 5.91 Å². The molecule has 0 aromatic heterocycles. The fraction of sp³-hybridized carbons (Fsp3) is 0.929. The van der Waals surface area contributed by atoms with Crippen molar-refractivity contribution < 1.29 is 9.53 Å². The van der Waals surface area contributed by atoms with E-state index in [-0.39, 0.29) is 5.91 Å². The average Bonchev–Trinajstić information content (AvgIpc) is 2.96. The molecule has 0 saturated heterocycles. The van der Waals surface area contributed by atoms with E-state index < -0.39 is 0 Å². The number of nitrogens with two attached hydrogens (primary N) is 1. The van der Waals surface area contributed by atoms with Crippen molar-refractivity contribution in [1.29, 1.82) is 0 Å². The predicted molar refractivity (Wildman–Crippen MR) is 71.1 cm³/mol. The molecule has 4 heteroatoms. The van der Waals surface area contributed by atoms with E-state index in [4.69, 9.17) is 10.5 Å². The molecule has 2 rings (SSSR count). The Bertz CT molecular complexity index is 283. The average molecular weight is 254 g/mol. The van der Waals surface area contributed by atoms with E-state index in [0.717, 1.165) is 18.3 Å². The van der Waals surface area contributed by atoms with E-state index in [1.807, 2.05) is 4.90 Å². The Balaban J connectivity index is 1.80. The number of amides is 1. The minimum absolute atomic E-state index is 0.273. The van der Waals surface area contributed by atoms with Gasteiger partial charge < -0.3 is 15.4 Å². The minimum atomic E-state index is 0.273. The smallest absolute Gasteiger partial charge is 0.222 e. The van der Waals surface area contributed by atoms with Crippen molar-refractivity contribution in [1.82, 2.24) is 4.90 Å². The zero-order valence-electron chi connectivity index (χ0n) is 11.4. The van der Waals surface area contributed by atoms with Crippen LogP contribution in [0.4, 0.5) is 0 Å². The summed E-state index contributed by atoms with van der Waals surface area (Å²) in [6, 6.07) is 0. The van der Waals surface area contributed by atoms with Gasteiger partial charge in [-0.2, -0.15) is 0 Å². The van der Waals surface area contributed by atoms with Crippen LogP contribution in [0.2, 0.25) is 0 Å². The van der Waals surface area contributed by atoms with Crippen LogP contribution in [0.25, 0.3) is 0 Å². The lowest BCUT2D eigenvalue weighted by Crippen LogP contribution is -2.38. The van der Waals surface area contributed by atoms with Gasteiger partial charge in [0.2, 0.25) is 5.91 Å². The molecular formula is C14H26N2O2. The summed E-state index contributed by atoms with van der Waals surface area (Å²) in [7, 11) is 1.67. The lowest BCUT2D eigenvalue weighted by molar-refractivity contribution is -0.133. The van der Waals surface area contributed by atoms with Gasteiger partial charge in [-0.3, -0.25) is 4.79 Å². The molecule has 2 aliphatic carbocycles. The molecule has 0 spiro atoms. The molecule has 0 aromatic rings. The first-order valence-electron chi connectivity index (χ1n) is 7.21. The Morgan fingerprint density at radius 3 is 2.72 bits per heavy atom. The van der Waals surface area contributed by atoms with E-state index in [0.29, 0.717) is 32.2 Å². The van der Waals surface area contributed by atoms with Crippen molar-refractivity contribution in [3.63, 3.8) is 0 Å². The molecule has 2 N–H and O–H groups in total. The molecule has 104 valence electrons. The van der Waals surface area contributed by atoms with Crippen LogP contribution in [0.5, 0.6) is 0 Å². The highest BCUT2D eigenvalue weighted by atomic mass is 16.5. The highest BCUT2D eigenvalue weighted by Crippen LogP contribution is 2.49. The molecule has 4 nitrogen and oxygen atoms in total. The fourth-order valence-corrected chi connectivity index (χ4v) is 3.70. The number of ether oxygens (including phenoxy) is 1. The van der Waals surface area contributed by atoms with Gasteiger partial charge in [0, 0.05) is 33.2 Å². The number of hydrogen-bond acceptors (Lipinski definition) is 3. The largest absolute Gasteiger partial charge is 0.383 e. The maximum Gasteiger partial charge on any atom is 0.222 e. The summed E-state index contributed by atoms with van der Waals surface area (Å²) < 4.78 is 5.05. The maximum atomic E-state index is 12.3. The summed E-state index contributed by atoms with van der Waals surface area (Å²) >= 11 is 0. The number of carbonyl (C=O) groups excluding carboxylic acids is 1. The molecule has 2 fully saturated rings. The highest BCUT2D eigenvalue weighted by Gasteiger charge is 2.40. The van der Waals surface area contributed by atoms with Crippen LogP contribution in [-0.4, -0.2) is 44.2 Å². The first kappa shape index (κ1) is 13.8. The molecular weight excluding hydrogens is 228 g/mol. The Kier molecular flexibility index (Phi) is 5.01. The van der Waals surface area contributed by atoms with E-state index in [1.54, 1.807) is 7.11 Å². The zero-order valence-corrected chi connectivity index (χ0v) is 11.4. The summed E-state index contributed by atoms with van der Waals surface area (Å²) in [6.45, 7) is 2.46. The van der Waals surface area contributed by atoms with Crippen molar-refractivity contribution in [2.24, 2.45) is 23.5 Å². The third-order valence-electron chi connectivity index (χ3n) is 4.64. The van der Waals surface area contributed by atoms with Crippen LogP contribution in [-0.2, 0) is 9.53 Å². The Hall–Kier alpha value is -0.610. The lowest BCUT2D eigenvalue weighted by atomic mass is 9.86. The van der Waals surface area contributed by atoms with Gasteiger partial charge in [0.15, 0.2) is 0 Å². The Morgan fingerprint density at radius 1 is 1.33 bits per heavy atom. The van der Waals surface area contributed by atoms with Crippen molar-refractivity contribution in [2.75, 3.05) is 33.4 Å². The fourth-order valence-electron chi connectivity index (χ4n) is 3.70. The van der Waals surface area contributed by atoms with Gasteiger partial charge in [-0.15, -0.1) is 0 Å². The van der Waals surface area contributed by atoms with E-state index in [1.165, 1.54) is 25.7 Å². The molecule has 1 amide bonds. The third-order valence-corrected chi connectivity index (χ3v) is 4.64. The highest BCUT2D eigenvalue weighted by molar-refractivity contribution is 5.76. The van der Waals surface area contributed by atoms with Crippen LogP contribution >= 0.6 is 0 Å². The quantitative estimate of drug-likeness (QED) is 0.744. The lowest BCUT2D eigenvalue weighted by Gasteiger charge is -2.26.